The number of hydrogen-bond acceptors (Lipinski definition) is 3. The highest BCUT2D eigenvalue weighted by atomic mass is 16.4. The van der Waals surface area contributed by atoms with Gasteiger partial charge in [0.05, 0.1) is 11.2 Å². The Morgan fingerprint density at radius 3 is 2.81 bits per heavy atom. The van der Waals surface area contributed by atoms with Gasteiger partial charge in [-0.15, -0.1) is 0 Å². The molecule has 0 aliphatic rings. The van der Waals surface area contributed by atoms with E-state index in [2.05, 4.69) is 5.10 Å². The Bertz CT molecular complexity index is 560. The number of fused-ring (bicyclic) bond motifs is 1. The van der Waals surface area contributed by atoms with Gasteiger partial charge in [-0.1, -0.05) is 12.1 Å². The van der Waals surface area contributed by atoms with Crippen molar-refractivity contribution in [3.05, 3.63) is 29.5 Å². The first-order valence-electron chi connectivity index (χ1n) is 4.85. The molecule has 0 aliphatic heterocycles. The van der Waals surface area contributed by atoms with Crippen molar-refractivity contribution in [2.24, 2.45) is 7.05 Å². The molecule has 84 valence electrons. The number of carboxylic acids is 1. The lowest BCUT2D eigenvalue weighted by atomic mass is 10.0. The molecule has 5 heteroatoms. The minimum atomic E-state index is -1.51. The Hall–Kier alpha value is -1.88. The van der Waals surface area contributed by atoms with E-state index in [0.717, 1.165) is 5.52 Å². The molecule has 0 aliphatic carbocycles. The summed E-state index contributed by atoms with van der Waals surface area (Å²) in [4.78, 5) is 10.8. The van der Waals surface area contributed by atoms with Crippen molar-refractivity contribution < 1.29 is 15.0 Å². The van der Waals surface area contributed by atoms with Crippen LogP contribution >= 0.6 is 0 Å². The van der Waals surface area contributed by atoms with Crippen molar-refractivity contribution in [1.82, 2.24) is 9.78 Å². The fraction of sp³-hybridized carbons (Fsp3) is 0.273. The maximum Gasteiger partial charge on any atom is 0.337 e. The van der Waals surface area contributed by atoms with Crippen LogP contribution in [0.25, 0.3) is 10.9 Å². The smallest absolute Gasteiger partial charge is 0.337 e. The average molecular weight is 220 g/mol. The van der Waals surface area contributed by atoms with Crippen molar-refractivity contribution >= 4 is 16.9 Å². The van der Waals surface area contributed by atoms with Crippen molar-refractivity contribution in [3.63, 3.8) is 0 Å². The zero-order valence-electron chi connectivity index (χ0n) is 9.01. The number of aromatic nitrogens is 2. The van der Waals surface area contributed by atoms with E-state index < -0.39 is 12.1 Å². The summed E-state index contributed by atoms with van der Waals surface area (Å²) >= 11 is 0. The first kappa shape index (κ1) is 10.6. The van der Waals surface area contributed by atoms with Gasteiger partial charge in [0.1, 0.15) is 0 Å². The molecule has 0 bridgehead atoms. The zero-order valence-corrected chi connectivity index (χ0v) is 9.01. The number of aryl methyl sites for hydroxylation is 2. The molecule has 1 heterocycles. The predicted molar refractivity (Wildman–Crippen MR) is 58.0 cm³/mol. The van der Waals surface area contributed by atoms with Gasteiger partial charge >= 0.3 is 5.97 Å². The lowest BCUT2D eigenvalue weighted by molar-refractivity contribution is -0.146. The Morgan fingerprint density at radius 2 is 2.19 bits per heavy atom. The Morgan fingerprint density at radius 1 is 1.50 bits per heavy atom. The van der Waals surface area contributed by atoms with Crippen LogP contribution in [-0.2, 0) is 11.8 Å². The van der Waals surface area contributed by atoms with Crippen LogP contribution < -0.4 is 0 Å². The molecular formula is C11H12N2O3. The van der Waals surface area contributed by atoms with Crippen LogP contribution in [0, 0.1) is 6.92 Å². The topological polar surface area (TPSA) is 75.3 Å². The van der Waals surface area contributed by atoms with E-state index in [0.29, 0.717) is 16.6 Å². The third kappa shape index (κ3) is 1.45. The Kier molecular flexibility index (Phi) is 2.40. The maximum atomic E-state index is 10.8. The summed E-state index contributed by atoms with van der Waals surface area (Å²) in [5.74, 6) is -1.25. The Labute approximate surface area is 91.9 Å². The number of aliphatic hydroxyl groups excluding tert-OH is 1. The molecule has 0 saturated heterocycles. The Balaban J connectivity index is 2.75. The molecule has 1 atom stereocenters. The molecule has 16 heavy (non-hydrogen) atoms. The fourth-order valence-corrected chi connectivity index (χ4v) is 1.91. The second-order valence-electron chi connectivity index (χ2n) is 3.69. The highest BCUT2D eigenvalue weighted by Crippen LogP contribution is 2.26. The summed E-state index contributed by atoms with van der Waals surface area (Å²) in [6.07, 6.45) is -1.51. The second-order valence-corrected chi connectivity index (χ2v) is 3.69. The van der Waals surface area contributed by atoms with Crippen LogP contribution in [-0.4, -0.2) is 26.0 Å². The average Bonchev–Trinajstić information content (AvgIpc) is 2.54. The van der Waals surface area contributed by atoms with Crippen LogP contribution in [0.4, 0.5) is 0 Å². The van der Waals surface area contributed by atoms with Crippen molar-refractivity contribution in [2.45, 2.75) is 13.0 Å². The molecule has 2 aromatic rings. The van der Waals surface area contributed by atoms with Crippen molar-refractivity contribution in [1.29, 1.82) is 0 Å². The SMILES string of the molecule is Cc1nn(C)c2cccc(C(O)C(=O)O)c12. The molecule has 0 amide bonds. The number of aliphatic carboxylic acids is 1. The molecule has 2 rings (SSSR count). The minimum absolute atomic E-state index is 0.385. The number of hydrogen-bond donors (Lipinski definition) is 2. The molecule has 1 aromatic heterocycles. The number of rotatable bonds is 2. The fourth-order valence-electron chi connectivity index (χ4n) is 1.91. The standard InChI is InChI=1S/C11H12N2O3/c1-6-9-7(10(14)11(15)16)4-3-5-8(9)13(2)12-6/h3-5,10,14H,1-2H3,(H,15,16). The summed E-state index contributed by atoms with van der Waals surface area (Å²) in [6.45, 7) is 1.79. The van der Waals surface area contributed by atoms with E-state index in [1.807, 2.05) is 6.07 Å². The van der Waals surface area contributed by atoms with E-state index in [9.17, 15) is 9.90 Å². The summed E-state index contributed by atoms with van der Waals surface area (Å²) in [6, 6.07) is 5.16. The maximum absolute atomic E-state index is 10.8. The van der Waals surface area contributed by atoms with Crippen molar-refractivity contribution in [2.75, 3.05) is 0 Å². The lowest BCUT2D eigenvalue weighted by Gasteiger charge is -2.07. The monoisotopic (exact) mass is 220 g/mol. The van der Waals surface area contributed by atoms with Gasteiger partial charge in [-0.3, -0.25) is 4.68 Å². The van der Waals surface area contributed by atoms with Gasteiger partial charge in [-0.25, -0.2) is 4.79 Å². The number of carboxylic acid groups (broad SMARTS) is 1. The number of aliphatic hydroxyl groups is 1. The van der Waals surface area contributed by atoms with Gasteiger partial charge in [0.2, 0.25) is 0 Å². The summed E-state index contributed by atoms with van der Waals surface area (Å²) in [5, 5.41) is 23.3. The van der Waals surface area contributed by atoms with Crippen LogP contribution in [0.3, 0.4) is 0 Å². The molecule has 0 radical (unpaired) electrons. The van der Waals surface area contributed by atoms with Gasteiger partial charge in [0.15, 0.2) is 6.10 Å². The molecule has 1 unspecified atom stereocenters. The first-order chi connectivity index (χ1) is 7.52. The van der Waals surface area contributed by atoms with Gasteiger partial charge in [0, 0.05) is 18.0 Å². The molecular weight excluding hydrogens is 208 g/mol. The minimum Gasteiger partial charge on any atom is -0.479 e. The molecule has 0 fully saturated rings. The van der Waals surface area contributed by atoms with Gasteiger partial charge in [-0.05, 0) is 13.0 Å². The third-order valence-corrected chi connectivity index (χ3v) is 2.61. The summed E-state index contributed by atoms with van der Waals surface area (Å²) < 4.78 is 1.67. The van der Waals surface area contributed by atoms with Crippen molar-refractivity contribution in [3.8, 4) is 0 Å². The van der Waals surface area contributed by atoms with E-state index in [4.69, 9.17) is 5.11 Å². The van der Waals surface area contributed by atoms with E-state index in [1.54, 1.807) is 30.8 Å². The molecule has 2 N–H and O–H groups in total. The van der Waals surface area contributed by atoms with Crippen LogP contribution in [0.1, 0.15) is 17.4 Å². The molecule has 0 spiro atoms. The lowest BCUT2D eigenvalue weighted by Crippen LogP contribution is -2.10. The van der Waals surface area contributed by atoms with Crippen LogP contribution in [0.15, 0.2) is 18.2 Å². The molecule has 0 saturated carbocycles. The van der Waals surface area contributed by atoms with Crippen LogP contribution in [0.2, 0.25) is 0 Å². The van der Waals surface area contributed by atoms with Gasteiger partial charge < -0.3 is 10.2 Å². The normalized spacial score (nSPS) is 12.9. The predicted octanol–water partition coefficient (Wildman–Crippen LogP) is 1.000. The third-order valence-electron chi connectivity index (χ3n) is 2.61. The first-order valence-corrected chi connectivity index (χ1v) is 4.85. The quantitative estimate of drug-likeness (QED) is 0.791. The van der Waals surface area contributed by atoms with E-state index >= 15 is 0 Å². The number of carbonyl (C=O) groups is 1. The van der Waals surface area contributed by atoms with E-state index in [-0.39, 0.29) is 0 Å². The molecule has 5 nitrogen and oxygen atoms in total. The van der Waals surface area contributed by atoms with Gasteiger partial charge in [-0.2, -0.15) is 5.10 Å². The van der Waals surface area contributed by atoms with Crippen LogP contribution in [0.5, 0.6) is 0 Å². The highest BCUT2D eigenvalue weighted by Gasteiger charge is 2.20. The molecule has 1 aromatic carbocycles. The number of benzene rings is 1. The second kappa shape index (κ2) is 3.61. The summed E-state index contributed by atoms with van der Waals surface area (Å²) in [7, 11) is 1.78. The van der Waals surface area contributed by atoms with E-state index in [1.165, 1.54) is 0 Å². The largest absolute Gasteiger partial charge is 0.479 e. The number of nitrogens with zero attached hydrogens (tertiary/aromatic N) is 2. The van der Waals surface area contributed by atoms with Gasteiger partial charge in [0.25, 0.3) is 0 Å². The highest BCUT2D eigenvalue weighted by molar-refractivity contribution is 5.89. The zero-order chi connectivity index (χ0) is 11.9. The summed E-state index contributed by atoms with van der Waals surface area (Å²) in [5.41, 5.74) is 1.92.